The van der Waals surface area contributed by atoms with Crippen LogP contribution in [-0.2, 0) is 34.6 Å². The Morgan fingerprint density at radius 2 is 1.50 bits per heavy atom. The zero-order valence-corrected chi connectivity index (χ0v) is 24.4. The summed E-state index contributed by atoms with van der Waals surface area (Å²) < 4.78 is 126. The molecule has 2 aromatic carbocycles. The fraction of sp³-hybridized carbons (Fsp3) is 0.467. The summed E-state index contributed by atoms with van der Waals surface area (Å²) in [7, 11) is -3.19. The molecule has 2 fully saturated rings. The van der Waals surface area contributed by atoms with Gasteiger partial charge in [0.15, 0.2) is 9.84 Å². The molecule has 1 amide bonds. The molecule has 1 aliphatic heterocycles. The molecule has 1 aliphatic carbocycles. The molecule has 0 spiro atoms. The van der Waals surface area contributed by atoms with Gasteiger partial charge in [0.1, 0.15) is 4.75 Å². The van der Waals surface area contributed by atoms with Crippen molar-refractivity contribution in [2.75, 3.05) is 20.2 Å². The number of likely N-dealkylation sites (tertiary alicyclic amines) is 1. The first-order valence-corrected chi connectivity index (χ1v) is 15.2. The largest absolute Gasteiger partial charge is 0.469 e. The van der Waals surface area contributed by atoms with Crippen molar-refractivity contribution in [3.05, 3.63) is 71.8 Å². The van der Waals surface area contributed by atoms with Crippen LogP contribution in [0.25, 0.3) is 6.08 Å². The van der Waals surface area contributed by atoms with Gasteiger partial charge in [-0.25, -0.2) is 12.8 Å². The molecule has 0 radical (unpaired) electrons. The first-order chi connectivity index (χ1) is 20.4. The van der Waals surface area contributed by atoms with Gasteiger partial charge in [0.2, 0.25) is 5.91 Å². The number of esters is 1. The van der Waals surface area contributed by atoms with Crippen LogP contribution < -0.4 is 0 Å². The fourth-order valence-corrected chi connectivity index (χ4v) is 8.24. The van der Waals surface area contributed by atoms with Crippen LogP contribution in [0.1, 0.15) is 48.8 Å². The quantitative estimate of drug-likeness (QED) is 0.253. The van der Waals surface area contributed by atoms with Gasteiger partial charge in [-0.05, 0) is 55.4 Å². The Hall–Kier alpha value is -3.42. The van der Waals surface area contributed by atoms with E-state index in [0.717, 1.165) is 12.1 Å². The molecule has 1 unspecified atom stereocenters. The van der Waals surface area contributed by atoms with Crippen molar-refractivity contribution in [3.63, 3.8) is 0 Å². The molecule has 0 aromatic heterocycles. The third-order valence-corrected chi connectivity index (χ3v) is 11.1. The zero-order chi connectivity index (χ0) is 32.7. The number of ether oxygens (including phenoxy) is 1. The van der Waals surface area contributed by atoms with Crippen molar-refractivity contribution >= 4 is 27.8 Å². The maximum absolute atomic E-state index is 14.7. The van der Waals surface area contributed by atoms with Crippen molar-refractivity contribution in [2.45, 2.75) is 59.8 Å². The molecule has 44 heavy (non-hydrogen) atoms. The van der Waals surface area contributed by atoms with Crippen LogP contribution in [0.2, 0.25) is 0 Å². The Labute approximate surface area is 249 Å². The van der Waals surface area contributed by atoms with Crippen LogP contribution in [0, 0.1) is 11.8 Å². The van der Waals surface area contributed by atoms with E-state index >= 15 is 0 Å². The minimum Gasteiger partial charge on any atom is -0.469 e. The monoisotopic (exact) mass is 649 g/mol. The lowest BCUT2D eigenvalue weighted by atomic mass is 9.81. The van der Waals surface area contributed by atoms with Crippen molar-refractivity contribution in [2.24, 2.45) is 11.8 Å². The highest BCUT2D eigenvalue weighted by molar-refractivity contribution is 7.92. The van der Waals surface area contributed by atoms with E-state index in [1.807, 2.05) is 0 Å². The number of rotatable bonds is 7. The lowest BCUT2D eigenvalue weighted by molar-refractivity contribution is -0.348. The van der Waals surface area contributed by atoms with E-state index < -0.39 is 50.6 Å². The van der Waals surface area contributed by atoms with Crippen molar-refractivity contribution in [1.82, 2.24) is 4.90 Å². The number of nitrogens with zero attached hydrogens (tertiary/aromatic N) is 1. The van der Waals surface area contributed by atoms with Crippen LogP contribution in [0.5, 0.6) is 0 Å². The van der Waals surface area contributed by atoms with Crippen LogP contribution in [0.4, 0.5) is 30.7 Å². The number of halogens is 7. The highest BCUT2D eigenvalue weighted by Gasteiger charge is 2.73. The minimum absolute atomic E-state index is 0.0734. The Morgan fingerprint density at radius 1 is 0.932 bits per heavy atom. The fourth-order valence-electron chi connectivity index (χ4n) is 6.11. The summed E-state index contributed by atoms with van der Waals surface area (Å²) in [6.07, 6.45) is -10.0. The van der Waals surface area contributed by atoms with Crippen LogP contribution in [0.3, 0.4) is 0 Å². The summed E-state index contributed by atoms with van der Waals surface area (Å²) in [6.45, 7) is 3.10. The van der Waals surface area contributed by atoms with Gasteiger partial charge in [-0.15, -0.1) is 0 Å². The van der Waals surface area contributed by atoms with E-state index in [2.05, 4.69) is 6.58 Å². The third kappa shape index (κ3) is 5.61. The van der Waals surface area contributed by atoms with Crippen LogP contribution in [0.15, 0.2) is 60.0 Å². The molecule has 4 rings (SSSR count). The van der Waals surface area contributed by atoms with E-state index in [1.54, 1.807) is 6.07 Å². The van der Waals surface area contributed by atoms with Crippen LogP contribution in [-0.4, -0.2) is 57.7 Å². The van der Waals surface area contributed by atoms with Crippen LogP contribution >= 0.6 is 0 Å². The van der Waals surface area contributed by atoms with Gasteiger partial charge in [0.05, 0.1) is 17.9 Å². The van der Waals surface area contributed by atoms with Gasteiger partial charge in [0, 0.05) is 24.6 Å². The minimum atomic E-state index is -6.34. The van der Waals surface area contributed by atoms with Gasteiger partial charge in [-0.1, -0.05) is 49.1 Å². The molecule has 1 atom stereocenters. The Morgan fingerprint density at radius 3 is 2.02 bits per heavy atom. The molecule has 1 saturated heterocycles. The second-order valence-corrected chi connectivity index (χ2v) is 13.3. The molecule has 2 aromatic rings. The predicted octanol–water partition coefficient (Wildman–Crippen LogP) is 6.50. The number of carbonyl (C=O) groups is 2. The Kier molecular flexibility index (Phi) is 9.00. The number of sulfone groups is 1. The summed E-state index contributed by atoms with van der Waals surface area (Å²) in [5, 5.41) is 0. The maximum atomic E-state index is 14.7. The number of hydrogen-bond acceptors (Lipinski definition) is 5. The predicted molar refractivity (Wildman–Crippen MR) is 145 cm³/mol. The van der Waals surface area contributed by atoms with E-state index in [-0.39, 0.29) is 53.4 Å². The van der Waals surface area contributed by atoms with Gasteiger partial charge in [-0.2, -0.15) is 26.3 Å². The SMILES string of the molecule is C=Cc1cccc(S(=O)(=O)C2(c3ccc(C(F)(C(F)(F)F)C(F)(F)F)cc3)CCN(C(=O)[C@H]3CC[C@H](C(=O)OC)CC3)C2)c1. The molecule has 0 N–H and O–H groups in total. The second kappa shape index (κ2) is 11.8. The molecule has 1 saturated carbocycles. The zero-order valence-electron chi connectivity index (χ0n) is 23.6. The highest BCUT2D eigenvalue weighted by Crippen LogP contribution is 2.54. The molecule has 0 bridgehead atoms. The number of carbonyl (C=O) groups excluding carboxylic acids is 2. The smallest absolute Gasteiger partial charge is 0.435 e. The summed E-state index contributed by atoms with van der Waals surface area (Å²) >= 11 is 0. The van der Waals surface area contributed by atoms with Crippen molar-refractivity contribution in [3.8, 4) is 0 Å². The lowest BCUT2D eigenvalue weighted by Gasteiger charge is -2.33. The average molecular weight is 650 g/mol. The van der Waals surface area contributed by atoms with Crippen molar-refractivity contribution < 1.29 is 53.5 Å². The standard InChI is InChI=1S/C30H30F7NO5S/c1-3-19-5-4-6-24(17-19)44(41,42)27(22-11-13-23(14-12-22)28(31,29(32,33)34)30(35,36)37)15-16-38(18-27)25(39)20-7-9-21(10-8-20)26(40)43-2/h3-6,11-14,17,20-21H,1,7-10,15-16,18H2,2H3/t20-,21-,27?. The molecular formula is C30H30F7NO5S. The van der Waals surface area contributed by atoms with E-state index in [1.165, 1.54) is 36.3 Å². The van der Waals surface area contributed by atoms with Gasteiger partial charge in [0.25, 0.3) is 0 Å². The summed E-state index contributed by atoms with van der Waals surface area (Å²) in [4.78, 5) is 26.5. The summed E-state index contributed by atoms with van der Waals surface area (Å²) in [5.41, 5.74) is -7.20. The Bertz CT molecular complexity index is 1500. The molecule has 14 heteroatoms. The maximum Gasteiger partial charge on any atom is 0.435 e. The molecule has 1 heterocycles. The van der Waals surface area contributed by atoms with Gasteiger partial charge in [-0.3, -0.25) is 9.59 Å². The molecule has 2 aliphatic rings. The number of amides is 1. The van der Waals surface area contributed by atoms with E-state index in [0.29, 0.717) is 31.2 Å². The molecule has 240 valence electrons. The molecule has 6 nitrogen and oxygen atoms in total. The topological polar surface area (TPSA) is 80.8 Å². The summed E-state index contributed by atoms with van der Waals surface area (Å²) in [5.74, 6) is -1.65. The number of benzene rings is 2. The van der Waals surface area contributed by atoms with Gasteiger partial charge >= 0.3 is 24.0 Å². The average Bonchev–Trinajstić information content (AvgIpc) is 3.46. The highest BCUT2D eigenvalue weighted by atomic mass is 32.2. The van der Waals surface area contributed by atoms with Gasteiger partial charge < -0.3 is 9.64 Å². The first kappa shape index (κ1) is 33.5. The molecular weight excluding hydrogens is 619 g/mol. The lowest BCUT2D eigenvalue weighted by Crippen LogP contribution is -2.50. The van der Waals surface area contributed by atoms with Crippen molar-refractivity contribution in [1.29, 1.82) is 0 Å². The van der Waals surface area contributed by atoms with E-state index in [4.69, 9.17) is 4.74 Å². The number of methoxy groups -OCH3 is 1. The first-order valence-electron chi connectivity index (χ1n) is 13.7. The Balaban J connectivity index is 1.75. The second-order valence-electron chi connectivity index (χ2n) is 11.1. The summed E-state index contributed by atoms with van der Waals surface area (Å²) in [6, 6.07) is 7.68. The number of alkyl halides is 7. The van der Waals surface area contributed by atoms with E-state index in [9.17, 15) is 48.7 Å². The normalized spacial score (nSPS) is 23.3. The number of hydrogen-bond donors (Lipinski definition) is 0. The third-order valence-electron chi connectivity index (χ3n) is 8.66.